The number of benzene rings is 1. The van der Waals surface area contributed by atoms with Crippen molar-refractivity contribution in [2.75, 3.05) is 5.32 Å². The molecule has 3 aromatic heterocycles. The highest BCUT2D eigenvalue weighted by Crippen LogP contribution is 2.29. The van der Waals surface area contributed by atoms with Crippen molar-refractivity contribution in [1.82, 2.24) is 15.0 Å². The molecule has 0 aliphatic rings. The van der Waals surface area contributed by atoms with Gasteiger partial charge in [0.2, 0.25) is 5.95 Å². The Bertz CT molecular complexity index is 1260. The largest absolute Gasteiger partial charge is 0.507 e. The highest BCUT2D eigenvalue weighted by Gasteiger charge is 2.18. The Hall–Kier alpha value is -3.94. The molecule has 0 spiro atoms. The SMILES string of the molecule is Cc1cc(O)c(-c2ccnc3nc(Nc4ccccc4)[nH]c(=O)c23)c(=O)o1. The Kier molecular flexibility index (Phi) is 3.92. The molecule has 0 bridgehead atoms. The average Bonchev–Trinajstić information content (AvgIpc) is 2.61. The van der Waals surface area contributed by atoms with Crippen molar-refractivity contribution in [1.29, 1.82) is 0 Å². The highest BCUT2D eigenvalue weighted by molar-refractivity contribution is 5.93. The van der Waals surface area contributed by atoms with Gasteiger partial charge in [0, 0.05) is 23.5 Å². The molecule has 0 saturated heterocycles. The fraction of sp³-hybridized carbons (Fsp3) is 0.0526. The van der Waals surface area contributed by atoms with Gasteiger partial charge < -0.3 is 14.8 Å². The minimum atomic E-state index is -0.745. The topological polar surface area (TPSA) is 121 Å². The monoisotopic (exact) mass is 362 g/mol. The van der Waals surface area contributed by atoms with Crippen LogP contribution in [0.25, 0.3) is 22.2 Å². The van der Waals surface area contributed by atoms with Gasteiger partial charge >= 0.3 is 5.63 Å². The van der Waals surface area contributed by atoms with Gasteiger partial charge in [-0.2, -0.15) is 4.98 Å². The first-order valence-corrected chi connectivity index (χ1v) is 8.08. The number of H-pyrrole nitrogens is 1. The Morgan fingerprint density at radius 3 is 2.67 bits per heavy atom. The molecular formula is C19H14N4O4. The van der Waals surface area contributed by atoms with Crippen molar-refractivity contribution in [2.24, 2.45) is 0 Å². The van der Waals surface area contributed by atoms with E-state index in [4.69, 9.17) is 4.42 Å². The van der Waals surface area contributed by atoms with Crippen LogP contribution in [0, 0.1) is 6.92 Å². The number of aromatic nitrogens is 3. The van der Waals surface area contributed by atoms with Crippen LogP contribution in [0.5, 0.6) is 5.75 Å². The van der Waals surface area contributed by atoms with Crippen LogP contribution in [0.3, 0.4) is 0 Å². The molecule has 0 fully saturated rings. The molecule has 134 valence electrons. The number of aryl methyl sites for hydroxylation is 1. The van der Waals surface area contributed by atoms with E-state index < -0.39 is 11.2 Å². The molecule has 27 heavy (non-hydrogen) atoms. The molecular weight excluding hydrogens is 348 g/mol. The van der Waals surface area contributed by atoms with Crippen molar-refractivity contribution in [3.05, 3.63) is 75.2 Å². The Labute approximate surface area is 152 Å². The third-order valence-electron chi connectivity index (χ3n) is 3.97. The number of nitrogens with one attached hydrogen (secondary N) is 2. The normalized spacial score (nSPS) is 10.9. The van der Waals surface area contributed by atoms with E-state index in [9.17, 15) is 14.7 Å². The number of aromatic hydroxyl groups is 1. The number of pyridine rings is 1. The fourth-order valence-electron chi connectivity index (χ4n) is 2.83. The van der Waals surface area contributed by atoms with Crippen LogP contribution in [-0.2, 0) is 0 Å². The predicted molar refractivity (Wildman–Crippen MR) is 100 cm³/mol. The van der Waals surface area contributed by atoms with Gasteiger partial charge in [-0.15, -0.1) is 0 Å². The van der Waals surface area contributed by atoms with Crippen LogP contribution in [0.15, 0.2) is 62.7 Å². The molecule has 4 rings (SSSR count). The van der Waals surface area contributed by atoms with E-state index in [1.54, 1.807) is 6.92 Å². The van der Waals surface area contributed by atoms with E-state index in [0.29, 0.717) is 0 Å². The molecule has 0 saturated carbocycles. The first-order valence-electron chi connectivity index (χ1n) is 8.08. The minimum Gasteiger partial charge on any atom is -0.507 e. The van der Waals surface area contributed by atoms with Gasteiger partial charge in [0.25, 0.3) is 5.56 Å². The molecule has 0 unspecified atom stereocenters. The minimum absolute atomic E-state index is 0.0857. The third-order valence-corrected chi connectivity index (χ3v) is 3.97. The number of hydrogen-bond acceptors (Lipinski definition) is 7. The van der Waals surface area contributed by atoms with E-state index in [0.717, 1.165) is 5.69 Å². The maximum absolute atomic E-state index is 12.7. The molecule has 0 radical (unpaired) electrons. The molecule has 0 aliphatic heterocycles. The molecule has 8 heteroatoms. The number of hydrogen-bond donors (Lipinski definition) is 3. The lowest BCUT2D eigenvalue weighted by Gasteiger charge is -2.09. The van der Waals surface area contributed by atoms with E-state index in [1.807, 2.05) is 30.3 Å². The zero-order valence-electron chi connectivity index (χ0n) is 14.2. The van der Waals surface area contributed by atoms with Crippen LogP contribution in [0.1, 0.15) is 5.76 Å². The van der Waals surface area contributed by atoms with Crippen LogP contribution in [-0.4, -0.2) is 20.1 Å². The molecule has 1 aromatic carbocycles. The molecule has 3 heterocycles. The Balaban J connectivity index is 1.91. The molecule has 3 N–H and O–H groups in total. The lowest BCUT2D eigenvalue weighted by molar-refractivity contribution is 0.438. The number of nitrogens with zero attached hydrogens (tertiary/aromatic N) is 2. The number of rotatable bonds is 3. The van der Waals surface area contributed by atoms with E-state index >= 15 is 0 Å². The zero-order chi connectivity index (χ0) is 19.0. The first-order chi connectivity index (χ1) is 13.0. The quantitative estimate of drug-likeness (QED) is 0.512. The maximum Gasteiger partial charge on any atom is 0.347 e. The summed E-state index contributed by atoms with van der Waals surface area (Å²) in [7, 11) is 0. The zero-order valence-corrected chi connectivity index (χ0v) is 14.2. The van der Waals surface area contributed by atoms with Crippen molar-refractivity contribution in [3.8, 4) is 16.9 Å². The van der Waals surface area contributed by atoms with E-state index in [1.165, 1.54) is 18.3 Å². The number of fused-ring (bicyclic) bond motifs is 1. The van der Waals surface area contributed by atoms with Gasteiger partial charge in [-0.05, 0) is 25.1 Å². The lowest BCUT2D eigenvalue weighted by atomic mass is 10.0. The molecule has 0 amide bonds. The summed E-state index contributed by atoms with van der Waals surface area (Å²) in [6.07, 6.45) is 1.41. The van der Waals surface area contributed by atoms with Crippen LogP contribution < -0.4 is 16.5 Å². The summed E-state index contributed by atoms with van der Waals surface area (Å²) >= 11 is 0. The van der Waals surface area contributed by atoms with Gasteiger partial charge in [-0.25, -0.2) is 9.78 Å². The average molecular weight is 362 g/mol. The molecule has 0 atom stereocenters. The van der Waals surface area contributed by atoms with Crippen LogP contribution in [0.2, 0.25) is 0 Å². The van der Waals surface area contributed by atoms with Crippen molar-refractivity contribution in [3.63, 3.8) is 0 Å². The van der Waals surface area contributed by atoms with Crippen LogP contribution in [0.4, 0.5) is 11.6 Å². The summed E-state index contributed by atoms with van der Waals surface area (Å²) < 4.78 is 5.05. The molecule has 8 nitrogen and oxygen atoms in total. The fourth-order valence-corrected chi connectivity index (χ4v) is 2.83. The second-order valence-corrected chi connectivity index (χ2v) is 5.87. The Morgan fingerprint density at radius 1 is 1.15 bits per heavy atom. The second kappa shape index (κ2) is 6.41. The lowest BCUT2D eigenvalue weighted by Crippen LogP contribution is -2.14. The smallest absolute Gasteiger partial charge is 0.347 e. The van der Waals surface area contributed by atoms with Gasteiger partial charge in [-0.1, -0.05) is 18.2 Å². The standard InChI is InChI=1S/C19H14N4O4/c1-10-9-13(24)14(18(26)27-10)12-7-8-20-16-15(12)17(25)23-19(22-16)21-11-5-3-2-4-6-11/h2-9,24H,1H3,(H2,20,21,22,23,25). The van der Waals surface area contributed by atoms with Crippen molar-refractivity contribution in [2.45, 2.75) is 6.92 Å². The first kappa shape index (κ1) is 16.5. The number of para-hydroxylation sites is 1. The van der Waals surface area contributed by atoms with Crippen LogP contribution >= 0.6 is 0 Å². The summed E-state index contributed by atoms with van der Waals surface area (Å²) in [4.78, 5) is 36.0. The molecule has 0 aliphatic carbocycles. The highest BCUT2D eigenvalue weighted by atomic mass is 16.4. The summed E-state index contributed by atoms with van der Waals surface area (Å²) in [6.45, 7) is 1.55. The third kappa shape index (κ3) is 3.04. The van der Waals surface area contributed by atoms with Gasteiger partial charge in [0.1, 0.15) is 17.1 Å². The second-order valence-electron chi connectivity index (χ2n) is 5.87. The van der Waals surface area contributed by atoms with E-state index in [2.05, 4.69) is 20.3 Å². The summed E-state index contributed by atoms with van der Waals surface area (Å²) in [5, 5.41) is 13.3. The summed E-state index contributed by atoms with van der Waals surface area (Å²) in [6, 6.07) is 12.0. The van der Waals surface area contributed by atoms with Crippen molar-refractivity contribution < 1.29 is 9.52 Å². The predicted octanol–water partition coefficient (Wildman–Crippen LogP) is 2.70. The van der Waals surface area contributed by atoms with Gasteiger partial charge in [0.05, 0.1) is 5.39 Å². The van der Waals surface area contributed by atoms with Gasteiger partial charge in [0.15, 0.2) is 5.65 Å². The van der Waals surface area contributed by atoms with E-state index in [-0.39, 0.29) is 39.6 Å². The van der Waals surface area contributed by atoms with Crippen molar-refractivity contribution >= 4 is 22.7 Å². The van der Waals surface area contributed by atoms with Gasteiger partial charge in [-0.3, -0.25) is 9.78 Å². The summed E-state index contributed by atoms with van der Waals surface area (Å²) in [5.41, 5.74) is -0.274. The maximum atomic E-state index is 12.7. The number of aromatic amines is 1. The number of anilines is 2. The summed E-state index contributed by atoms with van der Waals surface area (Å²) in [5.74, 6) is 0.201. The molecule has 4 aromatic rings. The Morgan fingerprint density at radius 2 is 1.93 bits per heavy atom.